The zero-order valence-electron chi connectivity index (χ0n) is 17.6. The number of methoxy groups -OCH3 is 1. The van der Waals surface area contributed by atoms with E-state index in [1.165, 1.54) is 0 Å². The molecule has 0 N–H and O–H groups in total. The minimum atomic E-state index is 0.209. The predicted octanol–water partition coefficient (Wildman–Crippen LogP) is 2.55. The highest BCUT2D eigenvalue weighted by Crippen LogP contribution is 2.24. The molecule has 0 aliphatic rings. The van der Waals surface area contributed by atoms with E-state index < -0.39 is 0 Å². The highest BCUT2D eigenvalue weighted by molar-refractivity contribution is 8.00. The molecule has 0 unspecified atom stereocenters. The fraction of sp³-hybridized carbons (Fsp3) is 1.00. The number of likely N-dealkylation sites (N-methyl/N-ethyl adjacent to an activating group) is 1. The third-order valence-electron chi connectivity index (χ3n) is 3.51. The predicted molar refractivity (Wildman–Crippen MR) is 109 cm³/mol. The van der Waals surface area contributed by atoms with E-state index in [9.17, 15) is 0 Å². The van der Waals surface area contributed by atoms with Gasteiger partial charge in [-0.3, -0.25) is 0 Å². The fourth-order valence-corrected chi connectivity index (χ4v) is 3.37. The summed E-state index contributed by atoms with van der Waals surface area (Å²) in [6.07, 6.45) is 1.05. The Morgan fingerprint density at radius 1 is 0.769 bits per heavy atom. The number of thioether (sulfide) groups is 1. The third-order valence-corrected chi connectivity index (χ3v) is 4.79. The smallest absolute Gasteiger partial charge is 0.0701 e. The first-order valence-electron chi connectivity index (χ1n) is 9.64. The zero-order valence-corrected chi connectivity index (χ0v) is 18.4. The van der Waals surface area contributed by atoms with Crippen LogP contribution in [0.15, 0.2) is 0 Å². The van der Waals surface area contributed by atoms with Gasteiger partial charge in [0.1, 0.15) is 0 Å². The van der Waals surface area contributed by atoms with E-state index in [4.69, 9.17) is 23.7 Å². The lowest BCUT2D eigenvalue weighted by Gasteiger charge is -2.29. The number of hydrogen-bond acceptors (Lipinski definition) is 7. The minimum Gasteiger partial charge on any atom is -0.383 e. The maximum absolute atomic E-state index is 5.63. The van der Waals surface area contributed by atoms with Crippen LogP contribution in [0.2, 0.25) is 0 Å². The number of nitrogens with zero attached hydrogens (tertiary/aromatic N) is 1. The molecule has 0 saturated carbocycles. The lowest BCUT2D eigenvalue weighted by molar-refractivity contribution is -0.000148. The Hall–Kier alpha value is 0.110. The molecule has 0 saturated heterocycles. The average molecular weight is 396 g/mol. The molecule has 0 aromatic carbocycles. The molecule has 0 fully saturated rings. The molecular formula is C19H41NO5S. The lowest BCUT2D eigenvalue weighted by atomic mass is 10.2. The molecule has 0 amide bonds. The van der Waals surface area contributed by atoms with E-state index in [-0.39, 0.29) is 4.75 Å². The van der Waals surface area contributed by atoms with Crippen LogP contribution >= 0.6 is 11.8 Å². The quantitative estimate of drug-likeness (QED) is 0.294. The molecule has 6 nitrogen and oxygen atoms in total. The summed E-state index contributed by atoms with van der Waals surface area (Å²) in [5.41, 5.74) is 0. The topological polar surface area (TPSA) is 49.4 Å². The first-order chi connectivity index (χ1) is 12.5. The van der Waals surface area contributed by atoms with Crippen molar-refractivity contribution in [1.29, 1.82) is 0 Å². The molecule has 0 aromatic rings. The van der Waals surface area contributed by atoms with Crippen LogP contribution in [0.25, 0.3) is 0 Å². The normalized spacial score (nSPS) is 12.2. The van der Waals surface area contributed by atoms with Crippen molar-refractivity contribution in [2.45, 2.75) is 31.9 Å². The summed E-state index contributed by atoms with van der Waals surface area (Å²) in [7, 11) is 3.88. The maximum atomic E-state index is 5.63. The van der Waals surface area contributed by atoms with Gasteiger partial charge in [0.15, 0.2) is 0 Å². The third kappa shape index (κ3) is 18.9. The number of rotatable bonds is 20. The summed E-state index contributed by atoms with van der Waals surface area (Å²) in [6, 6.07) is 0. The van der Waals surface area contributed by atoms with E-state index >= 15 is 0 Å². The molecule has 158 valence electrons. The summed E-state index contributed by atoms with van der Waals surface area (Å²) >= 11 is 1.94. The molecule has 0 aromatic heterocycles. The van der Waals surface area contributed by atoms with Gasteiger partial charge in [-0.05, 0) is 27.3 Å². The largest absolute Gasteiger partial charge is 0.383 e. The molecular weight excluding hydrogens is 354 g/mol. The van der Waals surface area contributed by atoms with Gasteiger partial charge in [0.05, 0.1) is 52.9 Å². The van der Waals surface area contributed by atoms with Crippen molar-refractivity contribution in [2.24, 2.45) is 0 Å². The molecule has 0 atom stereocenters. The summed E-state index contributed by atoms with van der Waals surface area (Å²) in [5.74, 6) is 0.992. The van der Waals surface area contributed by atoms with Crippen molar-refractivity contribution in [3.05, 3.63) is 0 Å². The molecule has 0 rings (SSSR count). The van der Waals surface area contributed by atoms with Gasteiger partial charge in [0, 0.05) is 37.3 Å². The van der Waals surface area contributed by atoms with Crippen LogP contribution in [0.1, 0.15) is 27.2 Å². The summed E-state index contributed by atoms with van der Waals surface area (Å²) in [5, 5.41) is 0. The Morgan fingerprint density at radius 3 is 1.77 bits per heavy atom. The van der Waals surface area contributed by atoms with Gasteiger partial charge < -0.3 is 28.6 Å². The molecule has 0 bridgehead atoms. The van der Waals surface area contributed by atoms with Crippen LogP contribution in [0.3, 0.4) is 0 Å². The molecule has 0 aliphatic heterocycles. The Kier molecular flexibility index (Phi) is 18.6. The highest BCUT2D eigenvalue weighted by Gasteiger charge is 2.20. The summed E-state index contributed by atoms with van der Waals surface area (Å²) < 4.78 is 27.2. The van der Waals surface area contributed by atoms with Crippen LogP contribution in [-0.4, -0.2) is 102 Å². The van der Waals surface area contributed by atoms with Gasteiger partial charge in [-0.25, -0.2) is 0 Å². The van der Waals surface area contributed by atoms with Crippen LogP contribution < -0.4 is 0 Å². The van der Waals surface area contributed by atoms with Crippen molar-refractivity contribution in [3.8, 4) is 0 Å². The van der Waals surface area contributed by atoms with E-state index in [1.807, 2.05) is 11.8 Å². The standard InChI is InChI=1S/C19H41NO5S/c1-6-8-22-10-11-23-12-13-24-14-15-25-16-17-26-19(2,3)18-20(4)7-9-21-5/h6-18H2,1-5H3. The molecule has 0 aliphatic carbocycles. The van der Waals surface area contributed by atoms with Gasteiger partial charge in [0.25, 0.3) is 0 Å². The molecule has 0 radical (unpaired) electrons. The molecule has 26 heavy (non-hydrogen) atoms. The molecule has 0 heterocycles. The second-order valence-electron chi connectivity index (χ2n) is 6.79. The molecule has 0 spiro atoms. The van der Waals surface area contributed by atoms with Crippen LogP contribution in [0.5, 0.6) is 0 Å². The zero-order chi connectivity index (χ0) is 19.5. The first-order valence-corrected chi connectivity index (χ1v) is 10.6. The fourth-order valence-electron chi connectivity index (χ4n) is 2.30. The van der Waals surface area contributed by atoms with Gasteiger partial charge in [0.2, 0.25) is 0 Å². The highest BCUT2D eigenvalue weighted by atomic mass is 32.2. The van der Waals surface area contributed by atoms with Gasteiger partial charge in [-0.15, -0.1) is 0 Å². The van der Waals surface area contributed by atoms with Gasteiger partial charge in [-0.2, -0.15) is 11.8 Å². The van der Waals surface area contributed by atoms with Gasteiger partial charge in [-0.1, -0.05) is 6.92 Å². The monoisotopic (exact) mass is 395 g/mol. The Labute approximate surface area is 165 Å². The summed E-state index contributed by atoms with van der Waals surface area (Å²) in [6.45, 7) is 14.7. The van der Waals surface area contributed by atoms with E-state index in [0.29, 0.717) is 39.6 Å². The van der Waals surface area contributed by atoms with Gasteiger partial charge >= 0.3 is 0 Å². The second kappa shape index (κ2) is 18.5. The SMILES string of the molecule is CCCOCCOCCOCCOCCSC(C)(C)CN(C)CCOC. The van der Waals surface area contributed by atoms with Crippen molar-refractivity contribution in [2.75, 3.05) is 92.5 Å². The van der Waals surface area contributed by atoms with Crippen LogP contribution in [0, 0.1) is 0 Å². The maximum Gasteiger partial charge on any atom is 0.0701 e. The van der Waals surface area contributed by atoms with Crippen molar-refractivity contribution in [1.82, 2.24) is 4.90 Å². The average Bonchev–Trinajstić information content (AvgIpc) is 2.59. The molecule has 7 heteroatoms. The Balaban J connectivity index is 3.34. The second-order valence-corrected chi connectivity index (χ2v) is 8.59. The van der Waals surface area contributed by atoms with E-state index in [1.54, 1.807) is 7.11 Å². The van der Waals surface area contributed by atoms with Crippen molar-refractivity contribution < 1.29 is 23.7 Å². The van der Waals surface area contributed by atoms with Crippen LogP contribution in [-0.2, 0) is 23.7 Å². The first kappa shape index (κ1) is 26.1. The van der Waals surface area contributed by atoms with E-state index in [2.05, 4.69) is 32.7 Å². The number of hydrogen-bond donors (Lipinski definition) is 0. The lowest BCUT2D eigenvalue weighted by Crippen LogP contribution is -2.36. The van der Waals surface area contributed by atoms with Crippen LogP contribution in [0.4, 0.5) is 0 Å². The Morgan fingerprint density at radius 2 is 1.27 bits per heavy atom. The summed E-state index contributed by atoms with van der Waals surface area (Å²) in [4.78, 5) is 2.31. The van der Waals surface area contributed by atoms with E-state index in [0.717, 1.165) is 45.1 Å². The number of ether oxygens (including phenoxy) is 5. The van der Waals surface area contributed by atoms with Crippen molar-refractivity contribution in [3.63, 3.8) is 0 Å². The minimum absolute atomic E-state index is 0.209. The van der Waals surface area contributed by atoms with Crippen molar-refractivity contribution >= 4 is 11.8 Å². The Bertz CT molecular complexity index is 295.